The zero-order valence-corrected chi connectivity index (χ0v) is 13.3. The lowest BCUT2D eigenvalue weighted by molar-refractivity contribution is 0.424. The Labute approximate surface area is 121 Å². The normalized spacial score (nSPS) is 15.0. The minimum absolute atomic E-state index is 0.148. The smallest absolute Gasteiger partial charge is 0.141 e. The van der Waals surface area contributed by atoms with Gasteiger partial charge in [-0.15, -0.1) is 0 Å². The molecule has 0 aliphatic carbocycles. The Hall–Kier alpha value is -0.980. The van der Waals surface area contributed by atoms with E-state index in [1.807, 2.05) is 42.1 Å². The lowest BCUT2D eigenvalue weighted by Crippen LogP contribution is -2.47. The van der Waals surface area contributed by atoms with Gasteiger partial charge in [-0.3, -0.25) is 5.32 Å². The van der Waals surface area contributed by atoms with Gasteiger partial charge in [0.15, 0.2) is 0 Å². The molecule has 1 unspecified atom stereocenters. The van der Waals surface area contributed by atoms with Crippen LogP contribution in [0.25, 0.3) is 0 Å². The fourth-order valence-electron chi connectivity index (χ4n) is 1.88. The minimum atomic E-state index is -0.618. The van der Waals surface area contributed by atoms with Crippen molar-refractivity contribution in [2.45, 2.75) is 50.9 Å². The number of nitrogens with zero attached hydrogens (tertiary/aromatic N) is 1. The maximum Gasteiger partial charge on any atom is 0.141 e. The Morgan fingerprint density at radius 2 is 1.79 bits per heavy atom. The Bertz CT molecular complexity index is 428. The van der Waals surface area contributed by atoms with Crippen molar-refractivity contribution in [1.29, 1.82) is 5.26 Å². The lowest BCUT2D eigenvalue weighted by atomic mass is 9.92. The molecule has 0 aromatic heterocycles. The van der Waals surface area contributed by atoms with Crippen LogP contribution in [-0.4, -0.2) is 16.5 Å². The van der Waals surface area contributed by atoms with Gasteiger partial charge in [-0.1, -0.05) is 51.1 Å². The molecule has 1 aromatic carbocycles. The van der Waals surface area contributed by atoms with Gasteiger partial charge in [-0.25, -0.2) is 0 Å². The van der Waals surface area contributed by atoms with Crippen molar-refractivity contribution in [1.82, 2.24) is 5.32 Å². The number of hydrogen-bond acceptors (Lipinski definition) is 3. The quantitative estimate of drug-likeness (QED) is 0.885. The van der Waals surface area contributed by atoms with Crippen LogP contribution >= 0.6 is 11.8 Å². The highest BCUT2D eigenvalue weighted by molar-refractivity contribution is 8.00. The van der Waals surface area contributed by atoms with Crippen molar-refractivity contribution in [3.63, 3.8) is 0 Å². The molecule has 0 aliphatic heterocycles. The van der Waals surface area contributed by atoms with E-state index in [4.69, 9.17) is 0 Å². The predicted molar refractivity (Wildman–Crippen MR) is 84.2 cm³/mol. The fraction of sp³-hybridized carbons (Fsp3) is 0.562. The van der Waals surface area contributed by atoms with E-state index < -0.39 is 5.54 Å². The first-order valence-electron chi connectivity index (χ1n) is 6.67. The largest absolute Gasteiger partial charge is 0.293 e. The molecule has 2 nitrogen and oxygen atoms in total. The molecular formula is C16H24N2S. The molecule has 0 radical (unpaired) electrons. The van der Waals surface area contributed by atoms with E-state index in [0.717, 1.165) is 11.3 Å². The molecule has 19 heavy (non-hydrogen) atoms. The van der Waals surface area contributed by atoms with Crippen molar-refractivity contribution < 1.29 is 0 Å². The van der Waals surface area contributed by atoms with E-state index in [2.05, 4.69) is 46.0 Å². The summed E-state index contributed by atoms with van der Waals surface area (Å²) in [4.78, 5) is 0. The summed E-state index contributed by atoms with van der Waals surface area (Å²) in [7, 11) is 0. The van der Waals surface area contributed by atoms with Crippen LogP contribution in [0.3, 0.4) is 0 Å². The topological polar surface area (TPSA) is 35.8 Å². The lowest BCUT2D eigenvalue weighted by Gasteiger charge is -2.33. The number of benzene rings is 1. The summed E-state index contributed by atoms with van der Waals surface area (Å²) in [5.41, 5.74) is 0.427. The summed E-state index contributed by atoms with van der Waals surface area (Å²) in [6, 6.07) is 12.8. The summed E-state index contributed by atoms with van der Waals surface area (Å²) in [6.07, 6.45) is 0. The van der Waals surface area contributed by atoms with Crippen LogP contribution in [-0.2, 0) is 5.54 Å². The molecule has 1 aromatic rings. The highest BCUT2D eigenvalue weighted by atomic mass is 32.2. The summed E-state index contributed by atoms with van der Waals surface area (Å²) in [6.45, 7) is 10.7. The van der Waals surface area contributed by atoms with Crippen molar-refractivity contribution in [2.24, 2.45) is 0 Å². The second-order valence-electron chi connectivity index (χ2n) is 6.08. The molecule has 0 bridgehead atoms. The van der Waals surface area contributed by atoms with Crippen LogP contribution in [0.1, 0.15) is 40.2 Å². The van der Waals surface area contributed by atoms with E-state index in [9.17, 15) is 5.26 Å². The number of nitrogens with one attached hydrogen (secondary N) is 1. The van der Waals surface area contributed by atoms with Crippen LogP contribution in [0.5, 0.6) is 0 Å². The number of hydrogen-bond donors (Lipinski definition) is 1. The minimum Gasteiger partial charge on any atom is -0.293 e. The Balaban J connectivity index is 3.06. The zero-order chi connectivity index (χ0) is 14.5. The van der Waals surface area contributed by atoms with E-state index in [-0.39, 0.29) is 10.8 Å². The second kappa shape index (κ2) is 6.45. The van der Waals surface area contributed by atoms with E-state index >= 15 is 0 Å². The second-order valence-corrected chi connectivity index (χ2v) is 7.89. The van der Waals surface area contributed by atoms with Crippen LogP contribution in [0.2, 0.25) is 0 Å². The maximum absolute atomic E-state index is 9.75. The van der Waals surface area contributed by atoms with Gasteiger partial charge in [-0.2, -0.15) is 17.0 Å². The molecule has 0 saturated heterocycles. The van der Waals surface area contributed by atoms with Crippen LogP contribution in [0, 0.1) is 11.3 Å². The highest BCUT2D eigenvalue weighted by Gasteiger charge is 2.34. The van der Waals surface area contributed by atoms with Gasteiger partial charge in [0.25, 0.3) is 0 Å². The third-order valence-corrected chi connectivity index (χ3v) is 4.16. The Morgan fingerprint density at radius 1 is 1.21 bits per heavy atom. The van der Waals surface area contributed by atoms with Crippen LogP contribution in [0.15, 0.2) is 30.3 Å². The number of rotatable bonds is 5. The molecule has 104 valence electrons. The first kappa shape index (κ1) is 16.1. The van der Waals surface area contributed by atoms with Gasteiger partial charge in [0.1, 0.15) is 5.54 Å². The average molecular weight is 276 g/mol. The summed E-state index contributed by atoms with van der Waals surface area (Å²) in [5, 5.41) is 13.2. The SMILES string of the molecule is CC(C)NC(C#N)(CSC(C)(C)C)c1ccccc1. The monoisotopic (exact) mass is 276 g/mol. The van der Waals surface area contributed by atoms with E-state index in [1.54, 1.807) is 0 Å². The Morgan fingerprint density at radius 3 is 2.21 bits per heavy atom. The first-order valence-corrected chi connectivity index (χ1v) is 7.66. The summed E-state index contributed by atoms with van der Waals surface area (Å²) in [5.74, 6) is 0.745. The van der Waals surface area contributed by atoms with E-state index in [0.29, 0.717) is 0 Å². The molecule has 3 heteroatoms. The van der Waals surface area contributed by atoms with Crippen LogP contribution in [0.4, 0.5) is 0 Å². The number of nitriles is 1. The molecule has 0 aliphatic rings. The molecule has 1 N–H and O–H groups in total. The molecule has 1 atom stereocenters. The average Bonchev–Trinajstić information content (AvgIpc) is 2.34. The van der Waals surface area contributed by atoms with E-state index in [1.165, 1.54) is 0 Å². The van der Waals surface area contributed by atoms with Gasteiger partial charge in [0.2, 0.25) is 0 Å². The molecular weight excluding hydrogens is 252 g/mol. The van der Waals surface area contributed by atoms with Crippen LogP contribution < -0.4 is 5.32 Å². The molecule has 0 amide bonds. The maximum atomic E-state index is 9.75. The first-order chi connectivity index (χ1) is 8.79. The van der Waals surface area contributed by atoms with Crippen molar-refractivity contribution in [2.75, 3.05) is 5.75 Å². The highest BCUT2D eigenvalue weighted by Crippen LogP contribution is 2.32. The summed E-state index contributed by atoms with van der Waals surface area (Å²) >= 11 is 1.82. The standard InChI is InChI=1S/C16H24N2S/c1-13(2)18-16(11-17,12-19-15(3,4)5)14-9-7-6-8-10-14/h6-10,13,18H,12H2,1-5H3. The molecule has 0 heterocycles. The zero-order valence-electron chi connectivity index (χ0n) is 12.5. The van der Waals surface area contributed by atoms with Gasteiger partial charge in [-0.05, 0) is 19.4 Å². The molecule has 0 fully saturated rings. The Kier molecular flexibility index (Phi) is 5.46. The third-order valence-electron chi connectivity index (χ3n) is 2.71. The third kappa shape index (κ3) is 4.89. The van der Waals surface area contributed by atoms with Crippen molar-refractivity contribution in [3.8, 4) is 6.07 Å². The van der Waals surface area contributed by atoms with Gasteiger partial charge >= 0.3 is 0 Å². The van der Waals surface area contributed by atoms with Crippen molar-refractivity contribution in [3.05, 3.63) is 35.9 Å². The van der Waals surface area contributed by atoms with Gasteiger partial charge < -0.3 is 0 Å². The molecule has 0 saturated carbocycles. The van der Waals surface area contributed by atoms with Gasteiger partial charge in [0, 0.05) is 16.5 Å². The molecule has 1 rings (SSSR count). The predicted octanol–water partition coefficient (Wildman–Crippen LogP) is 3.94. The fourth-order valence-corrected chi connectivity index (χ4v) is 2.84. The summed E-state index contributed by atoms with van der Waals surface area (Å²) < 4.78 is 0.148. The van der Waals surface area contributed by atoms with Crippen molar-refractivity contribution >= 4 is 11.8 Å². The molecule has 0 spiro atoms. The number of thioether (sulfide) groups is 1. The van der Waals surface area contributed by atoms with Gasteiger partial charge in [0.05, 0.1) is 6.07 Å².